The molecule has 3 aromatic carbocycles. The van der Waals surface area contributed by atoms with E-state index in [1.807, 2.05) is 6.92 Å². The van der Waals surface area contributed by atoms with Crippen molar-refractivity contribution in [3.8, 4) is 5.75 Å². The second-order valence-electron chi connectivity index (χ2n) is 6.94. The highest BCUT2D eigenvalue weighted by molar-refractivity contribution is 7.92. The number of esters is 1. The van der Waals surface area contributed by atoms with E-state index in [1.165, 1.54) is 19.2 Å². The molecule has 0 spiro atoms. The van der Waals surface area contributed by atoms with Crippen LogP contribution < -0.4 is 14.8 Å². The number of rotatable bonds is 8. The zero-order valence-corrected chi connectivity index (χ0v) is 19.4. The van der Waals surface area contributed by atoms with Crippen LogP contribution in [-0.2, 0) is 19.6 Å². The number of anilines is 2. The number of ether oxygens (including phenoxy) is 2. The number of hydrogen-bond donors (Lipinski definition) is 2. The smallest absolute Gasteiger partial charge is 0.338 e. The number of benzene rings is 3. The quantitative estimate of drug-likeness (QED) is 0.458. The second-order valence-corrected chi connectivity index (χ2v) is 9.00. The van der Waals surface area contributed by atoms with Crippen molar-refractivity contribution in [2.45, 2.75) is 11.8 Å². The Balaban J connectivity index is 1.74. The molecule has 8 nitrogen and oxygen atoms in total. The number of nitrogens with one attached hydrogen (secondary N) is 2. The standard InChI is InChI=1S/C23H21ClN2O6S/c1-15-7-10-17(11-8-15)26-33(29,30)21-13-16(9-12-20(21)31-2)23(28)32-14-22(27)25-19-6-4-3-5-18(19)24/h3-13,26H,14H2,1-2H3,(H,25,27). The van der Waals surface area contributed by atoms with E-state index in [9.17, 15) is 18.0 Å². The maximum absolute atomic E-state index is 12.9. The molecule has 0 aliphatic heterocycles. The van der Waals surface area contributed by atoms with E-state index in [-0.39, 0.29) is 16.2 Å². The van der Waals surface area contributed by atoms with E-state index in [0.29, 0.717) is 16.4 Å². The molecule has 0 atom stereocenters. The van der Waals surface area contributed by atoms with Gasteiger partial charge in [-0.3, -0.25) is 9.52 Å². The fourth-order valence-electron chi connectivity index (χ4n) is 2.81. The first-order valence-corrected chi connectivity index (χ1v) is 11.5. The highest BCUT2D eigenvalue weighted by atomic mass is 35.5. The van der Waals surface area contributed by atoms with Crippen molar-refractivity contribution < 1.29 is 27.5 Å². The number of halogens is 1. The van der Waals surface area contributed by atoms with Crippen molar-refractivity contribution in [2.75, 3.05) is 23.8 Å². The molecule has 33 heavy (non-hydrogen) atoms. The predicted molar refractivity (Wildman–Crippen MR) is 125 cm³/mol. The van der Waals surface area contributed by atoms with Crippen molar-refractivity contribution in [1.29, 1.82) is 0 Å². The van der Waals surface area contributed by atoms with Crippen molar-refractivity contribution in [3.63, 3.8) is 0 Å². The van der Waals surface area contributed by atoms with E-state index >= 15 is 0 Å². The average molecular weight is 489 g/mol. The second kappa shape index (κ2) is 10.4. The lowest BCUT2D eigenvalue weighted by molar-refractivity contribution is -0.119. The van der Waals surface area contributed by atoms with E-state index in [2.05, 4.69) is 10.0 Å². The van der Waals surface area contributed by atoms with Crippen LogP contribution >= 0.6 is 11.6 Å². The molecule has 0 radical (unpaired) electrons. The topological polar surface area (TPSA) is 111 Å². The van der Waals surface area contributed by atoms with Crippen LogP contribution in [0.2, 0.25) is 5.02 Å². The van der Waals surface area contributed by atoms with Gasteiger partial charge in [-0.25, -0.2) is 13.2 Å². The van der Waals surface area contributed by atoms with Crippen LogP contribution in [0, 0.1) is 6.92 Å². The fourth-order valence-corrected chi connectivity index (χ4v) is 4.25. The Labute approximate surface area is 196 Å². The molecular weight excluding hydrogens is 468 g/mol. The Morgan fingerprint density at radius 3 is 2.36 bits per heavy atom. The number of para-hydroxylation sites is 1. The summed E-state index contributed by atoms with van der Waals surface area (Å²) in [6.07, 6.45) is 0. The SMILES string of the molecule is COc1ccc(C(=O)OCC(=O)Nc2ccccc2Cl)cc1S(=O)(=O)Nc1ccc(C)cc1. The maximum atomic E-state index is 12.9. The summed E-state index contributed by atoms with van der Waals surface area (Å²) in [5.74, 6) is -1.43. The van der Waals surface area contributed by atoms with Crippen molar-refractivity contribution >= 4 is 44.9 Å². The van der Waals surface area contributed by atoms with Gasteiger partial charge in [-0.2, -0.15) is 0 Å². The van der Waals surface area contributed by atoms with Crippen LogP contribution in [0.25, 0.3) is 0 Å². The molecule has 3 rings (SSSR count). The van der Waals surface area contributed by atoms with Crippen molar-refractivity contribution in [1.82, 2.24) is 0 Å². The zero-order chi connectivity index (χ0) is 24.0. The van der Waals surface area contributed by atoms with Crippen LogP contribution in [0.1, 0.15) is 15.9 Å². The summed E-state index contributed by atoms with van der Waals surface area (Å²) >= 11 is 5.98. The fraction of sp³-hybridized carbons (Fsp3) is 0.130. The Kier molecular flexibility index (Phi) is 7.57. The third-order valence-electron chi connectivity index (χ3n) is 4.47. The molecule has 0 aliphatic rings. The van der Waals surface area contributed by atoms with Gasteiger partial charge in [0.1, 0.15) is 10.6 Å². The lowest BCUT2D eigenvalue weighted by Crippen LogP contribution is -2.21. The molecule has 10 heteroatoms. The van der Waals surface area contributed by atoms with E-state index in [4.69, 9.17) is 21.1 Å². The molecular formula is C23H21ClN2O6S. The van der Waals surface area contributed by atoms with Gasteiger partial charge < -0.3 is 14.8 Å². The highest BCUT2D eigenvalue weighted by Crippen LogP contribution is 2.27. The molecule has 0 saturated heterocycles. The number of sulfonamides is 1. The summed E-state index contributed by atoms with van der Waals surface area (Å²) in [5.41, 5.74) is 1.64. The Hall–Kier alpha value is -3.56. The minimum absolute atomic E-state index is 0.0441. The van der Waals surface area contributed by atoms with E-state index < -0.39 is 28.5 Å². The lowest BCUT2D eigenvalue weighted by Gasteiger charge is -2.13. The summed E-state index contributed by atoms with van der Waals surface area (Å²) < 4.78 is 38.5. The van der Waals surface area contributed by atoms with Crippen LogP contribution in [0.5, 0.6) is 5.75 Å². The third-order valence-corrected chi connectivity index (χ3v) is 6.21. The molecule has 0 heterocycles. The molecule has 172 valence electrons. The first kappa shape index (κ1) is 24.1. The maximum Gasteiger partial charge on any atom is 0.338 e. The summed E-state index contributed by atoms with van der Waals surface area (Å²) in [6, 6.07) is 17.2. The summed E-state index contributed by atoms with van der Waals surface area (Å²) in [7, 11) is -2.76. The molecule has 0 saturated carbocycles. The molecule has 0 bridgehead atoms. The number of amides is 1. The molecule has 0 aliphatic carbocycles. The van der Waals surface area contributed by atoms with Gasteiger partial charge in [-0.15, -0.1) is 0 Å². The van der Waals surface area contributed by atoms with Crippen LogP contribution in [-0.4, -0.2) is 34.0 Å². The van der Waals surface area contributed by atoms with Crippen molar-refractivity contribution in [2.24, 2.45) is 0 Å². The highest BCUT2D eigenvalue weighted by Gasteiger charge is 2.23. The summed E-state index contributed by atoms with van der Waals surface area (Å²) in [6.45, 7) is 1.30. The Bertz CT molecular complexity index is 1280. The van der Waals surface area contributed by atoms with E-state index in [0.717, 1.165) is 11.6 Å². The van der Waals surface area contributed by atoms with Gasteiger partial charge in [-0.1, -0.05) is 41.4 Å². The lowest BCUT2D eigenvalue weighted by atomic mass is 10.2. The number of methoxy groups -OCH3 is 1. The molecule has 0 unspecified atom stereocenters. The molecule has 0 fully saturated rings. The van der Waals surface area contributed by atoms with Gasteiger partial charge in [0.05, 0.1) is 23.4 Å². The largest absolute Gasteiger partial charge is 0.495 e. The van der Waals surface area contributed by atoms with E-state index in [1.54, 1.807) is 48.5 Å². The molecule has 0 aromatic heterocycles. The first-order valence-electron chi connectivity index (χ1n) is 9.68. The minimum atomic E-state index is -4.08. The summed E-state index contributed by atoms with van der Waals surface area (Å²) in [5, 5.41) is 2.86. The van der Waals surface area contributed by atoms with Gasteiger partial charge in [0.15, 0.2) is 6.61 Å². The number of hydrogen-bond acceptors (Lipinski definition) is 6. The number of aryl methyl sites for hydroxylation is 1. The molecule has 3 aromatic rings. The van der Waals surface area contributed by atoms with Gasteiger partial charge in [0.2, 0.25) is 0 Å². The third kappa shape index (κ3) is 6.24. The molecule has 2 N–H and O–H groups in total. The normalized spacial score (nSPS) is 10.9. The minimum Gasteiger partial charge on any atom is -0.495 e. The zero-order valence-electron chi connectivity index (χ0n) is 17.8. The predicted octanol–water partition coefficient (Wildman–Crippen LogP) is 4.25. The average Bonchev–Trinajstić information content (AvgIpc) is 2.80. The first-order chi connectivity index (χ1) is 15.7. The molecule has 1 amide bonds. The Morgan fingerprint density at radius 1 is 1.00 bits per heavy atom. The van der Waals surface area contributed by atoms with Crippen LogP contribution in [0.3, 0.4) is 0 Å². The van der Waals surface area contributed by atoms with Gasteiger partial charge >= 0.3 is 5.97 Å². The Morgan fingerprint density at radius 2 is 1.70 bits per heavy atom. The van der Waals surface area contributed by atoms with Gasteiger partial charge in [0.25, 0.3) is 15.9 Å². The monoisotopic (exact) mass is 488 g/mol. The van der Waals surface area contributed by atoms with Crippen molar-refractivity contribution in [3.05, 3.63) is 82.9 Å². The summed E-state index contributed by atoms with van der Waals surface area (Å²) in [4.78, 5) is 24.3. The van der Waals surface area contributed by atoms with Gasteiger partial charge in [-0.05, 0) is 49.4 Å². The van der Waals surface area contributed by atoms with Crippen LogP contribution in [0.4, 0.5) is 11.4 Å². The number of carbonyl (C=O) groups is 2. The van der Waals surface area contributed by atoms with Gasteiger partial charge in [0, 0.05) is 5.69 Å². The number of carbonyl (C=O) groups excluding carboxylic acids is 2. The van der Waals surface area contributed by atoms with Crippen LogP contribution in [0.15, 0.2) is 71.6 Å².